The molecule has 10 heteroatoms. The number of carbonyl (C=O) groups is 2. The van der Waals surface area contributed by atoms with Crippen molar-refractivity contribution in [1.29, 1.82) is 0 Å². The monoisotopic (exact) mass is 545 g/mol. The molecule has 0 radical (unpaired) electrons. The number of halogens is 1. The van der Waals surface area contributed by atoms with Gasteiger partial charge in [-0.3, -0.25) is 14.6 Å². The van der Waals surface area contributed by atoms with Crippen molar-refractivity contribution in [3.05, 3.63) is 83.4 Å². The van der Waals surface area contributed by atoms with Gasteiger partial charge in [0.25, 0.3) is 5.91 Å². The van der Waals surface area contributed by atoms with Gasteiger partial charge >= 0.3 is 0 Å². The first-order chi connectivity index (χ1) is 19.0. The van der Waals surface area contributed by atoms with E-state index in [4.69, 9.17) is 11.6 Å². The summed E-state index contributed by atoms with van der Waals surface area (Å²) < 4.78 is 0. The number of piperazine rings is 1. The lowest BCUT2D eigenvalue weighted by molar-refractivity contribution is -0.133. The Morgan fingerprint density at radius 2 is 1.87 bits per heavy atom. The van der Waals surface area contributed by atoms with Crippen LogP contribution in [-0.4, -0.2) is 70.9 Å². The van der Waals surface area contributed by atoms with E-state index >= 15 is 0 Å². The van der Waals surface area contributed by atoms with E-state index in [0.717, 1.165) is 29.6 Å². The van der Waals surface area contributed by atoms with Crippen LogP contribution in [0.2, 0.25) is 5.02 Å². The van der Waals surface area contributed by atoms with Crippen LogP contribution in [-0.2, 0) is 4.79 Å². The fraction of sp³-hybridized carbons (Fsp3) is 0.310. The van der Waals surface area contributed by atoms with E-state index in [1.54, 1.807) is 30.7 Å². The molecular weight excluding hydrogens is 514 g/mol. The molecule has 1 saturated heterocycles. The maximum Gasteiger partial charge on any atom is 0.257 e. The normalized spacial score (nSPS) is 14.4. The Hall–Kier alpha value is -3.95. The topological polar surface area (TPSA) is 106 Å². The Morgan fingerprint density at radius 3 is 2.59 bits per heavy atom. The molecule has 1 fully saturated rings. The van der Waals surface area contributed by atoms with Gasteiger partial charge in [-0.25, -0.2) is 4.98 Å². The molecule has 3 aromatic heterocycles. The second-order valence-electron chi connectivity index (χ2n) is 9.57. The summed E-state index contributed by atoms with van der Waals surface area (Å²) in [5.74, 6) is -0.391. The van der Waals surface area contributed by atoms with Crippen LogP contribution in [0.3, 0.4) is 0 Å². The molecule has 1 atom stereocenters. The Kier molecular flexibility index (Phi) is 8.39. The third kappa shape index (κ3) is 6.05. The van der Waals surface area contributed by atoms with Crippen LogP contribution in [0.25, 0.3) is 11.0 Å². The average molecular weight is 546 g/mol. The minimum absolute atomic E-state index is 0.117. The fourth-order valence-corrected chi connectivity index (χ4v) is 5.07. The lowest BCUT2D eigenvalue weighted by atomic mass is 9.97. The third-order valence-electron chi connectivity index (χ3n) is 7.00. The van der Waals surface area contributed by atoms with Crippen LogP contribution in [0.5, 0.6) is 0 Å². The van der Waals surface area contributed by atoms with Crippen molar-refractivity contribution < 1.29 is 9.59 Å². The second kappa shape index (κ2) is 12.3. The number of carbonyl (C=O) groups excluding carboxylic acids is 2. The van der Waals surface area contributed by atoms with E-state index in [1.165, 1.54) is 6.20 Å². The van der Waals surface area contributed by atoms with Crippen LogP contribution in [0.4, 0.5) is 11.4 Å². The molecule has 1 aliphatic rings. The maximum absolute atomic E-state index is 13.7. The van der Waals surface area contributed by atoms with Gasteiger partial charge in [-0.15, -0.1) is 0 Å². The van der Waals surface area contributed by atoms with Gasteiger partial charge in [0.15, 0.2) is 0 Å². The molecule has 39 heavy (non-hydrogen) atoms. The molecule has 2 amide bonds. The zero-order valence-corrected chi connectivity index (χ0v) is 22.6. The molecule has 3 N–H and O–H groups in total. The van der Waals surface area contributed by atoms with Gasteiger partial charge in [0.2, 0.25) is 5.91 Å². The molecule has 1 aromatic carbocycles. The molecule has 1 aliphatic heterocycles. The molecule has 202 valence electrons. The minimum Gasteiger partial charge on any atom is -0.367 e. The van der Waals surface area contributed by atoms with Gasteiger partial charge in [-0.05, 0) is 48.9 Å². The largest absolute Gasteiger partial charge is 0.367 e. The second-order valence-corrected chi connectivity index (χ2v) is 10.0. The first-order valence-electron chi connectivity index (χ1n) is 13.2. The lowest BCUT2D eigenvalue weighted by Gasteiger charge is -2.38. The average Bonchev–Trinajstić information content (AvgIpc) is 3.39. The molecule has 5 rings (SSSR count). The SMILES string of the molecule is CCCNCC(C(=O)N1CCN(c2ccnc3[nH]cc(NC(=O)c4cccnc4)c23)CC1)c1ccc(Cl)cc1. The summed E-state index contributed by atoms with van der Waals surface area (Å²) in [6.45, 7) is 6.10. The number of anilines is 2. The number of H-pyrrole nitrogens is 1. The van der Waals surface area contributed by atoms with Crippen LogP contribution in [0.15, 0.2) is 67.3 Å². The lowest BCUT2D eigenvalue weighted by Crippen LogP contribution is -2.51. The number of rotatable bonds is 9. The minimum atomic E-state index is -0.271. The van der Waals surface area contributed by atoms with Crippen molar-refractivity contribution in [2.45, 2.75) is 19.3 Å². The summed E-state index contributed by atoms with van der Waals surface area (Å²) in [5.41, 5.74) is 3.76. The summed E-state index contributed by atoms with van der Waals surface area (Å²) in [6.07, 6.45) is 7.69. The number of pyridine rings is 2. The van der Waals surface area contributed by atoms with Crippen molar-refractivity contribution >= 4 is 45.8 Å². The first kappa shape index (κ1) is 26.6. The molecule has 4 aromatic rings. The molecule has 0 saturated carbocycles. The zero-order chi connectivity index (χ0) is 27.2. The maximum atomic E-state index is 13.7. The molecule has 4 heterocycles. The number of hydrogen-bond acceptors (Lipinski definition) is 6. The number of aromatic nitrogens is 3. The van der Waals surface area contributed by atoms with Crippen molar-refractivity contribution in [3.8, 4) is 0 Å². The van der Waals surface area contributed by atoms with Gasteiger partial charge in [0, 0.05) is 62.5 Å². The zero-order valence-electron chi connectivity index (χ0n) is 21.9. The van der Waals surface area contributed by atoms with E-state index in [2.05, 4.69) is 37.4 Å². The molecule has 1 unspecified atom stereocenters. The highest BCUT2D eigenvalue weighted by Gasteiger charge is 2.29. The van der Waals surface area contributed by atoms with Gasteiger partial charge in [0.05, 0.1) is 28.2 Å². The number of nitrogens with zero attached hydrogens (tertiary/aromatic N) is 4. The Bertz CT molecular complexity index is 1420. The fourth-order valence-electron chi connectivity index (χ4n) is 4.95. The number of amides is 2. The van der Waals surface area contributed by atoms with Crippen molar-refractivity contribution in [3.63, 3.8) is 0 Å². The number of fused-ring (bicyclic) bond motifs is 1. The highest BCUT2D eigenvalue weighted by molar-refractivity contribution is 6.30. The number of aromatic amines is 1. The van der Waals surface area contributed by atoms with E-state index in [-0.39, 0.29) is 17.7 Å². The van der Waals surface area contributed by atoms with Crippen LogP contribution < -0.4 is 15.5 Å². The molecule has 0 spiro atoms. The molecule has 9 nitrogen and oxygen atoms in total. The van der Waals surface area contributed by atoms with E-state index in [0.29, 0.717) is 54.6 Å². The summed E-state index contributed by atoms with van der Waals surface area (Å²) >= 11 is 6.10. The van der Waals surface area contributed by atoms with Gasteiger partial charge in [-0.2, -0.15) is 0 Å². The number of nitrogens with one attached hydrogen (secondary N) is 3. The number of benzene rings is 1. The predicted octanol–water partition coefficient (Wildman–Crippen LogP) is 4.30. The summed E-state index contributed by atoms with van der Waals surface area (Å²) in [7, 11) is 0. The van der Waals surface area contributed by atoms with E-state index in [1.807, 2.05) is 35.2 Å². The number of hydrogen-bond donors (Lipinski definition) is 3. The van der Waals surface area contributed by atoms with Gasteiger partial charge in [0.1, 0.15) is 5.65 Å². The van der Waals surface area contributed by atoms with Crippen LogP contribution in [0, 0.1) is 0 Å². The Labute approximate surface area is 232 Å². The van der Waals surface area contributed by atoms with E-state index < -0.39 is 0 Å². The molecule has 0 bridgehead atoms. The molecule has 0 aliphatic carbocycles. The highest BCUT2D eigenvalue weighted by Crippen LogP contribution is 2.33. The Balaban J connectivity index is 1.31. The summed E-state index contributed by atoms with van der Waals surface area (Å²) in [4.78, 5) is 42.3. The standard InChI is InChI=1S/C29H32ClN7O2/c1-2-10-31-18-23(20-5-7-22(30)8-6-20)29(39)37-15-13-36(14-16-37)25-9-12-33-27-26(25)24(19-34-27)35-28(38)21-4-3-11-32-17-21/h3-9,11-12,17,19,23,31H,2,10,13-16,18H2,1H3,(H,33,34)(H,35,38). The van der Waals surface area contributed by atoms with Crippen molar-refractivity contribution in [2.24, 2.45) is 0 Å². The third-order valence-corrected chi connectivity index (χ3v) is 7.25. The highest BCUT2D eigenvalue weighted by atomic mass is 35.5. The van der Waals surface area contributed by atoms with Gasteiger partial charge in [-0.1, -0.05) is 30.7 Å². The summed E-state index contributed by atoms with van der Waals surface area (Å²) in [5, 5.41) is 7.91. The van der Waals surface area contributed by atoms with Crippen molar-refractivity contribution in [1.82, 2.24) is 25.2 Å². The van der Waals surface area contributed by atoms with E-state index in [9.17, 15) is 9.59 Å². The summed E-state index contributed by atoms with van der Waals surface area (Å²) in [6, 6.07) is 13.0. The van der Waals surface area contributed by atoms with Crippen LogP contribution >= 0.6 is 11.6 Å². The van der Waals surface area contributed by atoms with Crippen LogP contribution in [0.1, 0.15) is 35.2 Å². The predicted molar refractivity (Wildman–Crippen MR) is 154 cm³/mol. The van der Waals surface area contributed by atoms with Crippen molar-refractivity contribution in [2.75, 3.05) is 49.5 Å². The quantitative estimate of drug-likeness (QED) is 0.271. The Morgan fingerprint density at radius 1 is 1.08 bits per heavy atom. The first-order valence-corrected chi connectivity index (χ1v) is 13.6. The smallest absolute Gasteiger partial charge is 0.257 e. The van der Waals surface area contributed by atoms with Gasteiger partial charge < -0.3 is 25.4 Å². The molecular formula is C29H32ClN7O2.